The summed E-state index contributed by atoms with van der Waals surface area (Å²) in [5.41, 5.74) is 4.83. The van der Waals surface area contributed by atoms with Crippen molar-refractivity contribution in [2.75, 3.05) is 17.3 Å². The van der Waals surface area contributed by atoms with Gasteiger partial charge in [0.1, 0.15) is 5.82 Å². The van der Waals surface area contributed by atoms with E-state index in [0.29, 0.717) is 11.9 Å². The second kappa shape index (κ2) is 6.86. The van der Waals surface area contributed by atoms with Crippen LogP contribution in [-0.4, -0.2) is 16.5 Å². The van der Waals surface area contributed by atoms with Crippen molar-refractivity contribution >= 4 is 11.8 Å². The Labute approximate surface area is 119 Å². The van der Waals surface area contributed by atoms with Crippen LogP contribution in [0.2, 0.25) is 0 Å². The predicted octanol–water partition coefficient (Wildman–Crippen LogP) is 2.68. The molecule has 1 aromatic carbocycles. The SMILES string of the molecule is Cc1cnc(NN)nc1NCCC(C)c1ccccc1. The van der Waals surface area contributed by atoms with Crippen LogP contribution in [0.1, 0.15) is 30.4 Å². The van der Waals surface area contributed by atoms with Gasteiger partial charge in [-0.25, -0.2) is 10.8 Å². The van der Waals surface area contributed by atoms with E-state index in [1.54, 1.807) is 6.20 Å². The number of nitrogens with two attached hydrogens (primary N) is 1. The van der Waals surface area contributed by atoms with Gasteiger partial charge >= 0.3 is 0 Å². The monoisotopic (exact) mass is 271 g/mol. The highest BCUT2D eigenvalue weighted by Crippen LogP contribution is 2.19. The largest absolute Gasteiger partial charge is 0.370 e. The topological polar surface area (TPSA) is 75.9 Å². The summed E-state index contributed by atoms with van der Waals surface area (Å²) in [6, 6.07) is 10.5. The molecule has 0 aliphatic heterocycles. The van der Waals surface area contributed by atoms with E-state index in [4.69, 9.17) is 5.84 Å². The van der Waals surface area contributed by atoms with Crippen LogP contribution >= 0.6 is 0 Å². The van der Waals surface area contributed by atoms with Gasteiger partial charge in [0.25, 0.3) is 0 Å². The van der Waals surface area contributed by atoms with E-state index in [-0.39, 0.29) is 0 Å². The summed E-state index contributed by atoms with van der Waals surface area (Å²) in [6.07, 6.45) is 2.80. The molecule has 0 spiro atoms. The van der Waals surface area contributed by atoms with Crippen LogP contribution in [0.4, 0.5) is 11.8 Å². The van der Waals surface area contributed by atoms with Crippen LogP contribution in [0.5, 0.6) is 0 Å². The second-order valence-corrected chi connectivity index (χ2v) is 4.90. The van der Waals surface area contributed by atoms with Gasteiger partial charge in [0.2, 0.25) is 5.95 Å². The molecule has 0 aliphatic rings. The lowest BCUT2D eigenvalue weighted by Crippen LogP contribution is -2.13. The number of hydrogen-bond acceptors (Lipinski definition) is 5. The number of nitrogen functional groups attached to an aromatic ring is 1. The maximum absolute atomic E-state index is 5.32. The first-order valence-electron chi connectivity index (χ1n) is 6.79. The predicted molar refractivity (Wildman–Crippen MR) is 82.5 cm³/mol. The summed E-state index contributed by atoms with van der Waals surface area (Å²) < 4.78 is 0. The number of rotatable bonds is 6. The van der Waals surface area contributed by atoms with Crippen LogP contribution in [0, 0.1) is 6.92 Å². The third-order valence-corrected chi connectivity index (χ3v) is 3.34. The highest BCUT2D eigenvalue weighted by atomic mass is 15.3. The number of nitrogens with one attached hydrogen (secondary N) is 2. The molecule has 0 fully saturated rings. The van der Waals surface area contributed by atoms with Crippen molar-refractivity contribution < 1.29 is 0 Å². The minimum Gasteiger partial charge on any atom is -0.370 e. The van der Waals surface area contributed by atoms with Gasteiger partial charge in [-0.15, -0.1) is 0 Å². The molecule has 4 N–H and O–H groups in total. The molecule has 0 aliphatic carbocycles. The maximum atomic E-state index is 5.32. The van der Waals surface area contributed by atoms with Crippen LogP contribution in [0.15, 0.2) is 36.5 Å². The normalized spacial score (nSPS) is 11.9. The van der Waals surface area contributed by atoms with Gasteiger partial charge in [-0.3, -0.25) is 5.43 Å². The fourth-order valence-electron chi connectivity index (χ4n) is 2.05. The Balaban J connectivity index is 1.90. The molecule has 0 radical (unpaired) electrons. The van der Waals surface area contributed by atoms with E-state index in [2.05, 4.69) is 51.9 Å². The van der Waals surface area contributed by atoms with Crippen LogP contribution in [-0.2, 0) is 0 Å². The van der Waals surface area contributed by atoms with Crippen LogP contribution in [0.3, 0.4) is 0 Å². The third kappa shape index (κ3) is 3.68. The van der Waals surface area contributed by atoms with Crippen molar-refractivity contribution in [2.24, 2.45) is 5.84 Å². The van der Waals surface area contributed by atoms with Gasteiger partial charge < -0.3 is 5.32 Å². The summed E-state index contributed by atoms with van der Waals surface area (Å²) in [7, 11) is 0. The molecule has 2 rings (SSSR count). The van der Waals surface area contributed by atoms with Gasteiger partial charge in [-0.2, -0.15) is 4.98 Å². The molecular formula is C15H21N5. The molecule has 2 aromatic rings. The third-order valence-electron chi connectivity index (χ3n) is 3.34. The minimum absolute atomic E-state index is 0.425. The van der Waals surface area contributed by atoms with Crippen molar-refractivity contribution in [3.05, 3.63) is 47.7 Å². The number of aryl methyl sites for hydroxylation is 1. The van der Waals surface area contributed by atoms with Gasteiger partial charge in [-0.1, -0.05) is 37.3 Å². The number of hydrogen-bond donors (Lipinski definition) is 3. The second-order valence-electron chi connectivity index (χ2n) is 4.90. The quantitative estimate of drug-likeness (QED) is 0.556. The Morgan fingerprint density at radius 1 is 1.25 bits per heavy atom. The van der Waals surface area contributed by atoms with E-state index in [1.807, 2.05) is 13.0 Å². The molecule has 20 heavy (non-hydrogen) atoms. The average Bonchev–Trinajstić information content (AvgIpc) is 2.50. The Kier molecular flexibility index (Phi) is 4.90. The first-order valence-corrected chi connectivity index (χ1v) is 6.79. The van der Waals surface area contributed by atoms with E-state index in [1.165, 1.54) is 5.56 Å². The lowest BCUT2D eigenvalue weighted by molar-refractivity contribution is 0.704. The van der Waals surface area contributed by atoms with Gasteiger partial charge in [-0.05, 0) is 24.8 Å². The molecular weight excluding hydrogens is 250 g/mol. The zero-order valence-corrected chi connectivity index (χ0v) is 11.9. The summed E-state index contributed by atoms with van der Waals surface area (Å²) in [6.45, 7) is 5.07. The van der Waals surface area contributed by atoms with Crippen molar-refractivity contribution in [3.63, 3.8) is 0 Å². The first kappa shape index (κ1) is 14.3. The lowest BCUT2D eigenvalue weighted by atomic mass is 9.98. The van der Waals surface area contributed by atoms with E-state index in [0.717, 1.165) is 24.3 Å². The van der Waals surface area contributed by atoms with Gasteiger partial charge in [0.15, 0.2) is 0 Å². The van der Waals surface area contributed by atoms with Gasteiger partial charge in [0.05, 0.1) is 0 Å². The zero-order chi connectivity index (χ0) is 14.4. The standard InChI is InChI=1S/C15H21N5/c1-11(13-6-4-3-5-7-13)8-9-17-14-12(2)10-18-15(19-14)20-16/h3-7,10-11H,8-9,16H2,1-2H3,(H2,17,18,19,20). The van der Waals surface area contributed by atoms with Crippen LogP contribution < -0.4 is 16.6 Å². The fourth-order valence-corrected chi connectivity index (χ4v) is 2.05. The number of aromatic nitrogens is 2. The molecule has 1 unspecified atom stereocenters. The Bertz CT molecular complexity index is 541. The summed E-state index contributed by atoms with van der Waals surface area (Å²) >= 11 is 0. The molecule has 0 bridgehead atoms. The van der Waals surface area contributed by atoms with Crippen molar-refractivity contribution in [3.8, 4) is 0 Å². The molecule has 1 aromatic heterocycles. The molecule has 0 saturated carbocycles. The fraction of sp³-hybridized carbons (Fsp3) is 0.333. The summed E-state index contributed by atoms with van der Waals surface area (Å²) in [5, 5.41) is 3.34. The molecule has 1 heterocycles. The highest BCUT2D eigenvalue weighted by Gasteiger charge is 2.06. The average molecular weight is 271 g/mol. The molecule has 0 amide bonds. The highest BCUT2D eigenvalue weighted by molar-refractivity contribution is 5.45. The first-order chi connectivity index (χ1) is 9.70. The number of hydrazine groups is 1. The Morgan fingerprint density at radius 3 is 2.70 bits per heavy atom. The maximum Gasteiger partial charge on any atom is 0.239 e. The van der Waals surface area contributed by atoms with E-state index >= 15 is 0 Å². The van der Waals surface area contributed by atoms with Crippen molar-refractivity contribution in [1.29, 1.82) is 0 Å². The minimum atomic E-state index is 0.425. The molecule has 5 heteroatoms. The Morgan fingerprint density at radius 2 is 2.00 bits per heavy atom. The van der Waals surface area contributed by atoms with E-state index in [9.17, 15) is 0 Å². The number of benzene rings is 1. The molecule has 0 saturated heterocycles. The number of nitrogens with zero attached hydrogens (tertiary/aromatic N) is 2. The summed E-state index contributed by atoms with van der Waals surface area (Å²) in [4.78, 5) is 8.36. The zero-order valence-electron chi connectivity index (χ0n) is 11.9. The van der Waals surface area contributed by atoms with E-state index < -0.39 is 0 Å². The molecule has 106 valence electrons. The summed E-state index contributed by atoms with van der Waals surface area (Å²) in [5.74, 6) is 7.08. The number of anilines is 2. The lowest BCUT2D eigenvalue weighted by Gasteiger charge is -2.14. The smallest absolute Gasteiger partial charge is 0.239 e. The van der Waals surface area contributed by atoms with Gasteiger partial charge in [0, 0.05) is 18.3 Å². The molecule has 5 nitrogen and oxygen atoms in total. The van der Waals surface area contributed by atoms with Crippen molar-refractivity contribution in [1.82, 2.24) is 9.97 Å². The van der Waals surface area contributed by atoms with Crippen LogP contribution in [0.25, 0.3) is 0 Å². The van der Waals surface area contributed by atoms with Crippen molar-refractivity contribution in [2.45, 2.75) is 26.2 Å². The Hall–Kier alpha value is -2.14. The molecule has 1 atom stereocenters.